The second kappa shape index (κ2) is 5.15. The van der Waals surface area contributed by atoms with Crippen molar-refractivity contribution in [1.29, 1.82) is 0 Å². The smallest absolute Gasteiger partial charge is 0.138 e. The predicted molar refractivity (Wildman–Crippen MR) is 80.9 cm³/mol. The molecule has 0 bridgehead atoms. The minimum absolute atomic E-state index is 0.0895. The van der Waals surface area contributed by atoms with Crippen molar-refractivity contribution < 1.29 is 0 Å². The Bertz CT molecular complexity index is 710. The lowest BCUT2D eigenvalue weighted by molar-refractivity contribution is 0.876. The third-order valence-corrected chi connectivity index (χ3v) is 4.15. The Balaban J connectivity index is 1.93. The first-order valence-corrected chi connectivity index (χ1v) is 7.20. The van der Waals surface area contributed by atoms with Crippen molar-refractivity contribution in [2.75, 3.05) is 5.32 Å². The van der Waals surface area contributed by atoms with Crippen molar-refractivity contribution in [3.63, 3.8) is 0 Å². The summed E-state index contributed by atoms with van der Waals surface area (Å²) in [5, 5.41) is 7.23. The van der Waals surface area contributed by atoms with Gasteiger partial charge in [-0.1, -0.05) is 29.8 Å². The number of thiophene rings is 1. The molecule has 1 unspecified atom stereocenters. The molecule has 0 saturated carbocycles. The van der Waals surface area contributed by atoms with E-state index in [-0.39, 0.29) is 6.04 Å². The molecule has 3 nitrogen and oxygen atoms in total. The molecule has 0 spiro atoms. The normalized spacial score (nSPS) is 12.5. The minimum atomic E-state index is 0.0895. The fourth-order valence-corrected chi connectivity index (χ4v) is 3.05. The average molecular weight is 290 g/mol. The van der Waals surface area contributed by atoms with E-state index in [4.69, 9.17) is 11.6 Å². The summed E-state index contributed by atoms with van der Waals surface area (Å²) in [6, 6.07) is 9.95. The van der Waals surface area contributed by atoms with Gasteiger partial charge in [0.05, 0.1) is 11.4 Å². The van der Waals surface area contributed by atoms with Gasteiger partial charge in [0.2, 0.25) is 0 Å². The number of halogens is 1. The van der Waals surface area contributed by atoms with Crippen molar-refractivity contribution in [2.45, 2.75) is 13.0 Å². The van der Waals surface area contributed by atoms with Crippen LogP contribution in [0.5, 0.6) is 0 Å². The van der Waals surface area contributed by atoms with E-state index in [1.807, 2.05) is 35.7 Å². The van der Waals surface area contributed by atoms with E-state index in [1.54, 1.807) is 17.7 Å². The van der Waals surface area contributed by atoms with Crippen molar-refractivity contribution in [2.24, 2.45) is 0 Å². The maximum Gasteiger partial charge on any atom is 0.138 e. The first-order chi connectivity index (χ1) is 9.25. The maximum atomic E-state index is 6.21. The molecular formula is C14H12ClN3S. The highest BCUT2D eigenvalue weighted by Crippen LogP contribution is 2.29. The predicted octanol–water partition coefficient (Wildman–Crippen LogP) is 4.52. The molecule has 0 amide bonds. The lowest BCUT2D eigenvalue weighted by atomic mass is 10.1. The summed E-state index contributed by atoms with van der Waals surface area (Å²) in [6.45, 7) is 2.07. The lowest BCUT2D eigenvalue weighted by Crippen LogP contribution is -2.08. The molecule has 3 aromatic rings. The standard InChI is InChI=1S/C14H12ClN3S/c1-9(10-4-2-3-5-12(10)15)18-13-11-6-7-19-14(11)17-8-16-13/h2-9H,1H3,(H,16,17,18). The second-order valence-corrected chi connectivity index (χ2v) is 5.55. The van der Waals surface area contributed by atoms with E-state index in [1.165, 1.54) is 0 Å². The first-order valence-electron chi connectivity index (χ1n) is 5.95. The van der Waals surface area contributed by atoms with E-state index in [2.05, 4.69) is 22.2 Å². The third-order valence-electron chi connectivity index (χ3n) is 2.99. The zero-order valence-corrected chi connectivity index (χ0v) is 11.9. The van der Waals surface area contributed by atoms with Gasteiger partial charge in [-0.25, -0.2) is 9.97 Å². The number of nitrogens with one attached hydrogen (secondary N) is 1. The fourth-order valence-electron chi connectivity index (χ4n) is 2.01. The van der Waals surface area contributed by atoms with Gasteiger partial charge in [0, 0.05) is 5.02 Å². The Labute approximate surface area is 120 Å². The maximum absolute atomic E-state index is 6.21. The van der Waals surface area contributed by atoms with Gasteiger partial charge in [0.15, 0.2) is 0 Å². The van der Waals surface area contributed by atoms with E-state index < -0.39 is 0 Å². The molecule has 0 radical (unpaired) electrons. The molecule has 1 N–H and O–H groups in total. The summed E-state index contributed by atoms with van der Waals surface area (Å²) >= 11 is 7.82. The van der Waals surface area contributed by atoms with Gasteiger partial charge in [-0.3, -0.25) is 0 Å². The quantitative estimate of drug-likeness (QED) is 0.770. The van der Waals surface area contributed by atoms with E-state index in [9.17, 15) is 0 Å². The van der Waals surface area contributed by atoms with Crippen molar-refractivity contribution >= 4 is 39.0 Å². The van der Waals surface area contributed by atoms with Gasteiger partial charge in [-0.2, -0.15) is 0 Å². The molecule has 2 aromatic heterocycles. The monoisotopic (exact) mass is 289 g/mol. The van der Waals surface area contributed by atoms with Crippen LogP contribution in [0.4, 0.5) is 5.82 Å². The zero-order valence-electron chi connectivity index (χ0n) is 10.3. The second-order valence-electron chi connectivity index (χ2n) is 4.25. The number of aromatic nitrogens is 2. The summed E-state index contributed by atoms with van der Waals surface area (Å²) in [5.41, 5.74) is 1.06. The highest BCUT2D eigenvalue weighted by molar-refractivity contribution is 7.16. The number of rotatable bonds is 3. The van der Waals surface area contributed by atoms with Crippen molar-refractivity contribution in [1.82, 2.24) is 9.97 Å². The van der Waals surface area contributed by atoms with Gasteiger partial charge in [0.1, 0.15) is 17.0 Å². The molecule has 0 fully saturated rings. The Morgan fingerprint density at radius 2 is 2.05 bits per heavy atom. The molecule has 0 saturated heterocycles. The molecule has 96 valence electrons. The Morgan fingerprint density at radius 3 is 2.89 bits per heavy atom. The summed E-state index contributed by atoms with van der Waals surface area (Å²) in [6.07, 6.45) is 1.58. The molecule has 0 aliphatic heterocycles. The summed E-state index contributed by atoms with van der Waals surface area (Å²) < 4.78 is 0. The summed E-state index contributed by atoms with van der Waals surface area (Å²) in [7, 11) is 0. The van der Waals surface area contributed by atoms with E-state index in [0.29, 0.717) is 0 Å². The van der Waals surface area contributed by atoms with Crippen LogP contribution in [0.1, 0.15) is 18.5 Å². The number of hydrogen-bond donors (Lipinski definition) is 1. The van der Waals surface area contributed by atoms with Crippen LogP contribution < -0.4 is 5.32 Å². The lowest BCUT2D eigenvalue weighted by Gasteiger charge is -2.16. The molecule has 19 heavy (non-hydrogen) atoms. The summed E-state index contributed by atoms with van der Waals surface area (Å²) in [5.74, 6) is 0.846. The SMILES string of the molecule is CC(Nc1ncnc2sccc12)c1ccccc1Cl. The Hall–Kier alpha value is -1.65. The van der Waals surface area contributed by atoms with Gasteiger partial charge >= 0.3 is 0 Å². The third kappa shape index (κ3) is 2.41. The van der Waals surface area contributed by atoms with Crippen LogP contribution in [0.2, 0.25) is 5.02 Å². The average Bonchev–Trinajstić information content (AvgIpc) is 2.88. The molecule has 1 atom stereocenters. The number of hydrogen-bond acceptors (Lipinski definition) is 4. The highest BCUT2D eigenvalue weighted by Gasteiger charge is 2.11. The molecule has 0 aliphatic carbocycles. The zero-order chi connectivity index (χ0) is 13.2. The van der Waals surface area contributed by atoms with Crippen LogP contribution >= 0.6 is 22.9 Å². The molecular weight excluding hydrogens is 278 g/mol. The van der Waals surface area contributed by atoms with Crippen LogP contribution in [-0.2, 0) is 0 Å². The van der Waals surface area contributed by atoms with Gasteiger partial charge in [-0.05, 0) is 30.0 Å². The van der Waals surface area contributed by atoms with E-state index >= 15 is 0 Å². The van der Waals surface area contributed by atoms with Crippen LogP contribution in [0.3, 0.4) is 0 Å². The van der Waals surface area contributed by atoms with Gasteiger partial charge < -0.3 is 5.32 Å². The van der Waals surface area contributed by atoms with E-state index in [0.717, 1.165) is 26.6 Å². The summed E-state index contributed by atoms with van der Waals surface area (Å²) in [4.78, 5) is 9.55. The molecule has 5 heteroatoms. The van der Waals surface area contributed by atoms with Crippen molar-refractivity contribution in [3.05, 3.63) is 52.6 Å². The van der Waals surface area contributed by atoms with Gasteiger partial charge in [-0.15, -0.1) is 11.3 Å². The van der Waals surface area contributed by atoms with Crippen LogP contribution in [0.25, 0.3) is 10.2 Å². The highest BCUT2D eigenvalue weighted by atomic mass is 35.5. The Morgan fingerprint density at radius 1 is 1.21 bits per heavy atom. The number of nitrogens with zero attached hydrogens (tertiary/aromatic N) is 2. The van der Waals surface area contributed by atoms with Crippen LogP contribution in [-0.4, -0.2) is 9.97 Å². The number of fused-ring (bicyclic) bond motifs is 1. The topological polar surface area (TPSA) is 37.8 Å². The minimum Gasteiger partial charge on any atom is -0.363 e. The molecule has 3 rings (SSSR count). The van der Waals surface area contributed by atoms with Crippen LogP contribution in [0, 0.1) is 0 Å². The van der Waals surface area contributed by atoms with Gasteiger partial charge in [0.25, 0.3) is 0 Å². The Kier molecular flexibility index (Phi) is 3.36. The first kappa shape index (κ1) is 12.4. The molecule has 0 aliphatic rings. The van der Waals surface area contributed by atoms with Crippen LogP contribution in [0.15, 0.2) is 42.0 Å². The fraction of sp³-hybridized carbons (Fsp3) is 0.143. The number of benzene rings is 1. The van der Waals surface area contributed by atoms with Crippen molar-refractivity contribution in [3.8, 4) is 0 Å². The molecule has 2 heterocycles. The molecule has 1 aromatic carbocycles. The largest absolute Gasteiger partial charge is 0.363 e. The number of anilines is 1.